The highest BCUT2D eigenvalue weighted by molar-refractivity contribution is 6.40. The first-order valence-corrected chi connectivity index (χ1v) is 47.5. The van der Waals surface area contributed by atoms with Gasteiger partial charge in [-0.3, -0.25) is 24.1 Å². The number of hydrogen-bond donors (Lipinski definition) is 0. The molecule has 0 unspecified atom stereocenters. The van der Waals surface area contributed by atoms with Gasteiger partial charge >= 0.3 is 0 Å². The Bertz CT molecular complexity index is 8970. The lowest BCUT2D eigenvalue weighted by Crippen LogP contribution is -2.02. The Morgan fingerprint density at radius 2 is 0.396 bits per heavy atom. The molecule has 0 aliphatic heterocycles. The van der Waals surface area contributed by atoms with E-state index in [1.807, 2.05) is 80.0 Å². The molecule has 0 saturated carbocycles. The minimum Gasteiger partial charge on any atom is -0.307 e. The van der Waals surface area contributed by atoms with Crippen molar-refractivity contribution in [2.45, 2.75) is 0 Å². The largest absolute Gasteiger partial charge is 0.307 e. The molecule has 16 heterocycles. The van der Waals surface area contributed by atoms with Gasteiger partial charge in [-0.05, 0) is 127 Å². The Morgan fingerprint density at radius 1 is 0.139 bits per heavy atom. The van der Waals surface area contributed by atoms with Crippen LogP contribution in [0.3, 0.4) is 0 Å². The highest BCUT2D eigenvalue weighted by Gasteiger charge is 2.32. The lowest BCUT2D eigenvalue weighted by molar-refractivity contribution is 0.988. The molecule has 32 aromatic rings. The third-order valence-electron chi connectivity index (χ3n) is 28.2. The molecule has 0 radical (unpaired) electrons. The van der Waals surface area contributed by atoms with Crippen LogP contribution in [-0.4, -0.2) is 106 Å². The molecule has 0 aliphatic rings. The van der Waals surface area contributed by atoms with E-state index in [4.69, 9.17) is 24.9 Å². The lowest BCUT2D eigenvalue weighted by atomic mass is 10.0. The number of pyridine rings is 2. The van der Waals surface area contributed by atoms with Crippen molar-refractivity contribution in [3.63, 3.8) is 0 Å². The fourth-order valence-electron chi connectivity index (χ4n) is 22.8. The molecule has 22 heteroatoms. The SMILES string of the molecule is c1ccc(-n2c3ccccc3c3c4ncncc4c4c5ccccc5n(-c5cccnc5)c4c32)cc1.c1ccc(-n2c3ccccc3c3c4ncncc4c4c5ccccc5n(-c5ccncc5)c4c32)cc1.c1ccc(-n2c3ccccc3c3c4ncncc4c4c5ccccc5n(-c5cnccn5)c4c32)cc1.c1ccc(-n2c3ccccc3c3c4ncncc4c4c5ccccc5n(-c5ncccn5)c4c32)cc1. The van der Waals surface area contributed by atoms with Crippen LogP contribution in [0.5, 0.6) is 0 Å². The van der Waals surface area contributed by atoms with E-state index in [1.165, 1.54) is 21.5 Å². The summed E-state index contributed by atoms with van der Waals surface area (Å²) in [6.07, 6.45) is 30.7. The molecule has 16 aromatic heterocycles. The summed E-state index contributed by atoms with van der Waals surface area (Å²) in [6.45, 7) is 0. The Morgan fingerprint density at radius 3 is 0.708 bits per heavy atom. The van der Waals surface area contributed by atoms with E-state index in [9.17, 15) is 0 Å². The minimum absolute atomic E-state index is 0.631. The van der Waals surface area contributed by atoms with Gasteiger partial charge in [-0.15, -0.1) is 0 Å². The zero-order valence-corrected chi connectivity index (χ0v) is 76.6. The summed E-state index contributed by atoms with van der Waals surface area (Å²) in [6, 6.07) is 121. The molecule has 672 valence electrons. The van der Waals surface area contributed by atoms with Crippen molar-refractivity contribution in [3.05, 3.63) is 452 Å². The second kappa shape index (κ2) is 32.7. The molecule has 0 bridgehead atoms. The normalized spacial score (nSPS) is 11.9. The van der Waals surface area contributed by atoms with Crippen LogP contribution in [0.1, 0.15) is 0 Å². The maximum Gasteiger partial charge on any atom is 0.234 e. The average molecular weight is 1850 g/mol. The van der Waals surface area contributed by atoms with Gasteiger partial charge in [0.1, 0.15) is 25.3 Å². The average Bonchev–Trinajstić information content (AvgIpc) is 1.54. The van der Waals surface area contributed by atoms with Gasteiger partial charge in [0.2, 0.25) is 5.95 Å². The van der Waals surface area contributed by atoms with E-state index < -0.39 is 0 Å². The Balaban J connectivity index is 0.0000000913. The van der Waals surface area contributed by atoms with Crippen LogP contribution in [0.2, 0.25) is 0 Å². The number of fused-ring (bicyclic) bond motifs is 40. The Kier molecular flexibility index (Phi) is 18.4. The van der Waals surface area contributed by atoms with Crippen molar-refractivity contribution in [2.24, 2.45) is 0 Å². The van der Waals surface area contributed by atoms with Gasteiger partial charge in [0, 0.05) is 204 Å². The summed E-state index contributed by atoms with van der Waals surface area (Å²) < 4.78 is 18.5. The van der Waals surface area contributed by atoms with Gasteiger partial charge in [-0.1, -0.05) is 218 Å². The predicted molar refractivity (Wildman–Crippen MR) is 580 cm³/mol. The van der Waals surface area contributed by atoms with E-state index in [-0.39, 0.29) is 0 Å². The van der Waals surface area contributed by atoms with Crippen LogP contribution in [0, 0.1) is 0 Å². The van der Waals surface area contributed by atoms with Gasteiger partial charge in [0.05, 0.1) is 128 Å². The number of rotatable bonds is 8. The first-order chi connectivity index (χ1) is 71.7. The molecule has 0 aliphatic carbocycles. The van der Waals surface area contributed by atoms with E-state index in [0.29, 0.717) is 5.95 Å². The molecule has 0 fully saturated rings. The third kappa shape index (κ3) is 12.1. The quantitative estimate of drug-likeness (QED) is 0.138. The van der Waals surface area contributed by atoms with Crippen molar-refractivity contribution in [1.82, 2.24) is 106 Å². The van der Waals surface area contributed by atoms with Crippen molar-refractivity contribution < 1.29 is 0 Å². The number of para-hydroxylation sites is 12. The van der Waals surface area contributed by atoms with Crippen LogP contribution in [0.15, 0.2) is 452 Å². The molecule has 144 heavy (non-hydrogen) atoms. The minimum atomic E-state index is 0.631. The van der Waals surface area contributed by atoms with Crippen LogP contribution >= 0.6 is 0 Å². The first kappa shape index (κ1) is 81.0. The maximum atomic E-state index is 4.86. The summed E-state index contributed by atoms with van der Waals surface area (Å²) >= 11 is 0. The summed E-state index contributed by atoms with van der Waals surface area (Å²) in [5, 5.41) is 22.4. The van der Waals surface area contributed by atoms with Gasteiger partial charge in [0.15, 0.2) is 5.82 Å². The summed E-state index contributed by atoms with van der Waals surface area (Å²) in [4.78, 5) is 64.5. The number of benzene rings is 16. The van der Waals surface area contributed by atoms with Gasteiger partial charge < -0.3 is 27.4 Å². The van der Waals surface area contributed by atoms with Crippen LogP contribution in [-0.2, 0) is 0 Å². The fourth-order valence-corrected chi connectivity index (χ4v) is 22.8. The van der Waals surface area contributed by atoms with Crippen LogP contribution < -0.4 is 0 Å². The molecule has 16 aromatic carbocycles. The molecule has 32 rings (SSSR count). The smallest absolute Gasteiger partial charge is 0.234 e. The van der Waals surface area contributed by atoms with Crippen LogP contribution in [0.25, 0.3) is 264 Å². The monoisotopic (exact) mass is 1850 g/mol. The molecule has 0 amide bonds. The molecule has 22 nitrogen and oxygen atoms in total. The molecular formula is C122H74N22. The third-order valence-corrected chi connectivity index (χ3v) is 28.2. The summed E-state index contributed by atoms with van der Waals surface area (Å²) in [5.74, 6) is 1.40. The van der Waals surface area contributed by atoms with E-state index >= 15 is 0 Å². The second-order valence-corrected chi connectivity index (χ2v) is 35.6. The molecule has 0 N–H and O–H groups in total. The van der Waals surface area contributed by atoms with E-state index in [1.54, 1.807) is 50.1 Å². The van der Waals surface area contributed by atoms with Crippen molar-refractivity contribution in [3.8, 4) is 45.9 Å². The standard InChI is InChI=1S/2C31H19N5.2C30H18N6/c1-2-9-20(10-3-1)35-26-15-7-5-13-23(26)28-29-24(18-33-19-34-29)27-22-12-4-6-14-25(22)36(30(27)31(28)35)21-11-8-16-32-17-21;1-2-8-20(9-3-1)35-26-13-7-5-11-23(26)28-29-24(18-33-19-34-29)27-22-10-4-6-12-25(22)36(30(27)31(28)35)21-14-16-32-17-15-21;1-2-9-19(10-3-1)35-23-13-6-5-12-21(23)26-27-22(17-31-18-34-27)25-20-11-4-7-14-24(20)36(28(25)29(26)35)30-32-15-8-16-33-30;1-2-8-19(9-3-1)35-23-12-6-5-11-21(23)27-28-22(16-32-18-34-28)26-20-10-4-7-13-24(20)36(29(26)30(27)35)25-17-31-14-15-33-25/h2*1-19H;2*1-18H. The zero-order chi connectivity index (χ0) is 94.6. The lowest BCUT2D eigenvalue weighted by Gasteiger charge is -2.13. The topological polar surface area (TPSA) is 220 Å². The molecule has 0 atom stereocenters. The molecule has 0 spiro atoms. The summed E-state index contributed by atoms with van der Waals surface area (Å²) in [5.41, 5.74) is 28.0. The number of nitrogens with zero attached hydrogens (tertiary/aromatic N) is 22. The van der Waals surface area contributed by atoms with Crippen molar-refractivity contribution in [1.29, 1.82) is 0 Å². The first-order valence-electron chi connectivity index (χ1n) is 47.5. The Hall–Kier alpha value is -20.3. The van der Waals surface area contributed by atoms with Crippen molar-refractivity contribution in [2.75, 3.05) is 0 Å². The predicted octanol–water partition coefficient (Wildman–Crippen LogP) is 27.7. The zero-order valence-electron chi connectivity index (χ0n) is 76.6. The molecular weight excluding hydrogens is 1770 g/mol. The highest BCUT2D eigenvalue weighted by atomic mass is 15.2. The van der Waals surface area contributed by atoms with Crippen molar-refractivity contribution >= 4 is 218 Å². The Labute approximate surface area is 816 Å². The van der Waals surface area contributed by atoms with Gasteiger partial charge in [-0.25, -0.2) is 54.8 Å². The highest BCUT2D eigenvalue weighted by Crippen LogP contribution is 2.52. The van der Waals surface area contributed by atoms with Crippen LogP contribution in [0.4, 0.5) is 0 Å². The van der Waals surface area contributed by atoms with E-state index in [2.05, 4.69) is 403 Å². The number of aromatic nitrogens is 22. The van der Waals surface area contributed by atoms with Gasteiger partial charge in [0.25, 0.3) is 0 Å². The maximum absolute atomic E-state index is 4.86. The van der Waals surface area contributed by atoms with Gasteiger partial charge in [-0.2, -0.15) is 0 Å². The second-order valence-electron chi connectivity index (χ2n) is 35.6. The number of hydrogen-bond acceptors (Lipinski definition) is 14. The van der Waals surface area contributed by atoms with E-state index in [0.717, 1.165) is 236 Å². The molecule has 0 saturated heterocycles. The fraction of sp³-hybridized carbons (Fsp3) is 0. The summed E-state index contributed by atoms with van der Waals surface area (Å²) in [7, 11) is 0.